The molecule has 0 atom stereocenters. The Morgan fingerprint density at radius 3 is 2.60 bits per heavy atom. The maximum atomic E-state index is 14.5. The Bertz CT molecular complexity index is 1360. The van der Waals surface area contributed by atoms with Crippen molar-refractivity contribution in [3.63, 3.8) is 0 Å². The zero-order valence-corrected chi connectivity index (χ0v) is 20.5. The van der Waals surface area contributed by atoms with E-state index in [0.29, 0.717) is 33.9 Å². The lowest BCUT2D eigenvalue weighted by atomic mass is 9.92. The number of aromatic nitrogens is 4. The number of aryl methyl sites for hydroxylation is 1. The Morgan fingerprint density at radius 1 is 1.03 bits per heavy atom. The van der Waals surface area contributed by atoms with Crippen molar-refractivity contribution in [2.75, 3.05) is 31.1 Å². The number of fused-ring (bicyclic) bond motifs is 1. The first kappa shape index (κ1) is 22.5. The molecule has 1 aromatic carbocycles. The van der Waals surface area contributed by atoms with E-state index in [-0.39, 0.29) is 5.75 Å². The van der Waals surface area contributed by atoms with Gasteiger partial charge in [-0.25, -0.2) is 9.37 Å². The van der Waals surface area contributed by atoms with Gasteiger partial charge in [0.05, 0.1) is 17.1 Å². The number of benzene rings is 1. The largest absolute Gasteiger partial charge is 0.507 e. The fourth-order valence-electron chi connectivity index (χ4n) is 5.17. The number of phenolic OH excluding ortho intramolecular Hbond substituents is 1. The molecule has 8 heteroatoms. The van der Waals surface area contributed by atoms with Crippen LogP contribution < -0.4 is 0 Å². The molecular weight excluding hydrogens is 461 g/mol. The van der Waals surface area contributed by atoms with E-state index in [4.69, 9.17) is 0 Å². The molecule has 2 aliphatic heterocycles. The number of phenols is 1. The molecule has 2 aliphatic rings. The standard InChI is InChI=1S/C27H28FN5OS/c1-17-12-33-16-20(10-23(28)27(33)29-17)19-2-3-22(26(34)11-19)25-5-4-24(30-31-25)21-14-32(15-21)13-18-6-8-35-9-7-18/h2-5,10-12,16,18,21,34H,6-9,13-15H2,1H3. The van der Waals surface area contributed by atoms with Gasteiger partial charge in [-0.05, 0) is 73.1 Å². The molecule has 0 saturated carbocycles. The molecule has 0 bridgehead atoms. The number of hydrogen-bond donors (Lipinski definition) is 1. The Morgan fingerprint density at radius 2 is 1.86 bits per heavy atom. The second-order valence-corrected chi connectivity index (χ2v) is 11.0. The SMILES string of the molecule is Cc1cn2cc(-c3ccc(-c4ccc(C5CN(CC6CCSCC6)C5)nn4)c(O)c3)cc(F)c2n1. The van der Waals surface area contributed by atoms with Crippen LogP contribution in [0.3, 0.4) is 0 Å². The van der Waals surface area contributed by atoms with E-state index < -0.39 is 5.82 Å². The van der Waals surface area contributed by atoms with E-state index in [2.05, 4.69) is 31.8 Å². The summed E-state index contributed by atoms with van der Waals surface area (Å²) in [7, 11) is 0. The van der Waals surface area contributed by atoms with Crippen LogP contribution in [0.25, 0.3) is 28.0 Å². The quantitative estimate of drug-likeness (QED) is 0.418. The number of nitrogens with zero attached hydrogens (tertiary/aromatic N) is 5. The highest BCUT2D eigenvalue weighted by Crippen LogP contribution is 2.34. The number of aromatic hydroxyl groups is 1. The van der Waals surface area contributed by atoms with Crippen LogP contribution in [0.15, 0.2) is 48.8 Å². The third kappa shape index (κ3) is 4.52. The lowest BCUT2D eigenvalue weighted by Crippen LogP contribution is -2.47. The highest BCUT2D eigenvalue weighted by atomic mass is 32.2. The molecule has 4 aromatic rings. The van der Waals surface area contributed by atoms with E-state index in [1.807, 2.05) is 37.4 Å². The van der Waals surface area contributed by atoms with Gasteiger partial charge < -0.3 is 14.4 Å². The number of hydrogen-bond acceptors (Lipinski definition) is 6. The number of likely N-dealkylation sites (tertiary alicyclic amines) is 1. The molecule has 2 fully saturated rings. The fourth-order valence-corrected chi connectivity index (χ4v) is 6.37. The second-order valence-electron chi connectivity index (χ2n) is 9.74. The van der Waals surface area contributed by atoms with Gasteiger partial charge >= 0.3 is 0 Å². The van der Waals surface area contributed by atoms with Gasteiger partial charge in [0.15, 0.2) is 11.5 Å². The molecule has 0 unspecified atom stereocenters. The van der Waals surface area contributed by atoms with E-state index in [1.54, 1.807) is 16.7 Å². The average molecular weight is 490 g/mol. The van der Waals surface area contributed by atoms with E-state index >= 15 is 0 Å². The highest BCUT2D eigenvalue weighted by Gasteiger charge is 2.31. The summed E-state index contributed by atoms with van der Waals surface area (Å²) in [6, 6.07) is 10.7. The highest BCUT2D eigenvalue weighted by molar-refractivity contribution is 7.99. The van der Waals surface area contributed by atoms with Gasteiger partial charge in [-0.3, -0.25) is 0 Å². The van der Waals surface area contributed by atoms with Crippen LogP contribution in [0, 0.1) is 18.7 Å². The molecule has 0 spiro atoms. The zero-order valence-electron chi connectivity index (χ0n) is 19.7. The minimum Gasteiger partial charge on any atom is -0.507 e. The average Bonchev–Trinajstić information content (AvgIpc) is 3.23. The summed E-state index contributed by atoms with van der Waals surface area (Å²) in [6.07, 6.45) is 6.28. The third-order valence-corrected chi connectivity index (χ3v) is 8.20. The normalized spacial score (nSPS) is 17.7. The van der Waals surface area contributed by atoms with Crippen LogP contribution >= 0.6 is 11.8 Å². The van der Waals surface area contributed by atoms with Crippen molar-refractivity contribution in [2.45, 2.75) is 25.7 Å². The Balaban J connectivity index is 1.15. The van der Waals surface area contributed by atoms with Crippen molar-refractivity contribution in [1.29, 1.82) is 0 Å². The van der Waals surface area contributed by atoms with Gasteiger partial charge in [-0.1, -0.05) is 6.07 Å². The summed E-state index contributed by atoms with van der Waals surface area (Å²) >= 11 is 2.08. The van der Waals surface area contributed by atoms with Crippen LogP contribution in [0.2, 0.25) is 0 Å². The van der Waals surface area contributed by atoms with E-state index in [9.17, 15) is 9.50 Å². The molecule has 5 heterocycles. The van der Waals surface area contributed by atoms with Crippen LogP contribution in [-0.2, 0) is 0 Å². The van der Waals surface area contributed by atoms with E-state index in [0.717, 1.165) is 30.4 Å². The summed E-state index contributed by atoms with van der Waals surface area (Å²) < 4.78 is 16.2. The smallest absolute Gasteiger partial charge is 0.173 e. The Kier molecular flexibility index (Phi) is 5.94. The molecule has 180 valence electrons. The first-order valence-electron chi connectivity index (χ1n) is 12.2. The van der Waals surface area contributed by atoms with Gasteiger partial charge in [0.2, 0.25) is 0 Å². The fraction of sp³-hybridized carbons (Fsp3) is 0.370. The zero-order chi connectivity index (χ0) is 23.9. The summed E-state index contributed by atoms with van der Waals surface area (Å²) in [6.45, 7) is 5.14. The number of rotatable bonds is 5. The molecule has 0 amide bonds. The lowest BCUT2D eigenvalue weighted by molar-refractivity contribution is 0.118. The van der Waals surface area contributed by atoms with Gasteiger partial charge in [0, 0.05) is 49.1 Å². The summed E-state index contributed by atoms with van der Waals surface area (Å²) in [5, 5.41) is 19.6. The summed E-state index contributed by atoms with van der Waals surface area (Å²) in [5.41, 5.74) is 4.68. The van der Waals surface area contributed by atoms with Gasteiger partial charge in [-0.2, -0.15) is 22.0 Å². The topological polar surface area (TPSA) is 66.5 Å². The van der Waals surface area contributed by atoms with Crippen molar-refractivity contribution in [3.8, 4) is 28.1 Å². The van der Waals surface area contributed by atoms with Crippen molar-refractivity contribution in [3.05, 3.63) is 66.0 Å². The minimum absolute atomic E-state index is 0.0901. The molecule has 0 radical (unpaired) electrons. The minimum atomic E-state index is -0.395. The maximum Gasteiger partial charge on any atom is 0.173 e. The predicted molar refractivity (Wildman–Crippen MR) is 137 cm³/mol. The summed E-state index contributed by atoms with van der Waals surface area (Å²) in [4.78, 5) is 6.74. The molecule has 35 heavy (non-hydrogen) atoms. The van der Waals surface area contributed by atoms with Crippen LogP contribution in [0.1, 0.15) is 30.1 Å². The molecule has 0 aliphatic carbocycles. The summed E-state index contributed by atoms with van der Waals surface area (Å²) in [5.74, 6) is 3.58. The third-order valence-electron chi connectivity index (χ3n) is 7.15. The molecule has 6 rings (SSSR count). The maximum absolute atomic E-state index is 14.5. The lowest BCUT2D eigenvalue weighted by Gasteiger charge is -2.41. The van der Waals surface area contributed by atoms with Crippen LogP contribution in [0.4, 0.5) is 4.39 Å². The van der Waals surface area contributed by atoms with Crippen molar-refractivity contribution in [1.82, 2.24) is 24.5 Å². The number of pyridine rings is 1. The Labute approximate surface area is 208 Å². The second kappa shape index (κ2) is 9.24. The molecule has 1 N–H and O–H groups in total. The first-order valence-corrected chi connectivity index (χ1v) is 13.3. The molecule has 3 aromatic heterocycles. The van der Waals surface area contributed by atoms with Gasteiger partial charge in [0.1, 0.15) is 5.75 Å². The van der Waals surface area contributed by atoms with Gasteiger partial charge in [0.25, 0.3) is 0 Å². The van der Waals surface area contributed by atoms with Crippen molar-refractivity contribution >= 4 is 17.4 Å². The van der Waals surface area contributed by atoms with E-state index in [1.165, 1.54) is 37.0 Å². The van der Waals surface area contributed by atoms with Crippen molar-refractivity contribution < 1.29 is 9.50 Å². The first-order chi connectivity index (χ1) is 17.0. The number of thioether (sulfide) groups is 1. The molecular formula is C27H28FN5OS. The number of imidazole rings is 1. The van der Waals surface area contributed by atoms with Crippen LogP contribution in [-0.4, -0.2) is 60.7 Å². The predicted octanol–water partition coefficient (Wildman–Crippen LogP) is 5.15. The monoisotopic (exact) mass is 489 g/mol. The van der Waals surface area contributed by atoms with Crippen molar-refractivity contribution in [2.24, 2.45) is 5.92 Å². The number of halogens is 1. The van der Waals surface area contributed by atoms with Gasteiger partial charge in [-0.15, -0.1) is 0 Å². The molecule has 6 nitrogen and oxygen atoms in total. The molecule has 2 saturated heterocycles. The van der Waals surface area contributed by atoms with Crippen LogP contribution in [0.5, 0.6) is 5.75 Å². The Hall–Kier alpha value is -2.97.